The lowest BCUT2D eigenvalue weighted by atomic mass is 10.2. The summed E-state index contributed by atoms with van der Waals surface area (Å²) in [5, 5.41) is 1.64. The predicted octanol–water partition coefficient (Wildman–Crippen LogP) is 1.91. The van der Waals surface area contributed by atoms with E-state index in [1.54, 1.807) is 11.4 Å². The highest BCUT2D eigenvalue weighted by Crippen LogP contribution is 2.29. The molecule has 0 aliphatic carbocycles. The first-order valence-electron chi connectivity index (χ1n) is 3.95. The summed E-state index contributed by atoms with van der Waals surface area (Å²) in [5.74, 6) is -0.0830. The lowest BCUT2D eigenvalue weighted by Gasteiger charge is -2.09. The van der Waals surface area contributed by atoms with Crippen LogP contribution >= 0.6 is 11.3 Å². The maximum Gasteiger partial charge on any atom is 0.188 e. The second kappa shape index (κ2) is 4.06. The molecule has 2 rings (SSSR count). The zero-order valence-corrected chi connectivity index (χ0v) is 9.16. The van der Waals surface area contributed by atoms with Gasteiger partial charge in [-0.25, -0.2) is 8.42 Å². The van der Waals surface area contributed by atoms with Crippen LogP contribution in [0.2, 0.25) is 0 Å². The summed E-state index contributed by atoms with van der Waals surface area (Å²) in [6.07, 6.45) is 0.131. The minimum absolute atomic E-state index is 0.0284. The number of sulfone groups is 1. The highest BCUT2D eigenvalue weighted by atomic mass is 32.2. The summed E-state index contributed by atoms with van der Waals surface area (Å²) in [5.41, 5.74) is 0.381. The largest absolute Gasteiger partial charge is 0.294 e. The van der Waals surface area contributed by atoms with Gasteiger partial charge in [-0.1, -0.05) is 0 Å². The van der Waals surface area contributed by atoms with Crippen molar-refractivity contribution < 1.29 is 13.2 Å². The predicted molar refractivity (Wildman–Crippen MR) is 56.6 cm³/mol. The van der Waals surface area contributed by atoms with E-state index in [1.807, 2.05) is 0 Å². The summed E-state index contributed by atoms with van der Waals surface area (Å²) in [7, 11) is -3.13. The molecule has 1 aliphatic heterocycles. The summed E-state index contributed by atoms with van der Waals surface area (Å²) in [6.45, 7) is 6.00. The van der Waals surface area contributed by atoms with Crippen molar-refractivity contribution in [3.63, 3.8) is 0 Å². The van der Waals surface area contributed by atoms with Gasteiger partial charge in [0.25, 0.3) is 0 Å². The van der Waals surface area contributed by atoms with Crippen molar-refractivity contribution in [2.24, 2.45) is 0 Å². The highest BCUT2D eigenvalue weighted by Gasteiger charge is 2.29. The third-order valence-corrected chi connectivity index (χ3v) is 5.09. The maximum absolute atomic E-state index is 11.3. The summed E-state index contributed by atoms with van der Waals surface area (Å²) in [6, 6.07) is 1.58. The molecule has 0 atom stereocenters. The lowest BCUT2D eigenvalue weighted by Crippen LogP contribution is -2.18. The van der Waals surface area contributed by atoms with Crippen LogP contribution in [0.15, 0.2) is 28.8 Å². The molecule has 1 aliphatic rings. The maximum atomic E-state index is 11.3. The number of hydrogen-bond donors (Lipinski definition) is 0. The molecule has 76 valence electrons. The van der Waals surface area contributed by atoms with Crippen molar-refractivity contribution in [2.45, 2.75) is 10.6 Å². The Balaban J connectivity index is 0.000000461. The van der Waals surface area contributed by atoms with E-state index in [2.05, 4.69) is 13.2 Å². The van der Waals surface area contributed by atoms with E-state index < -0.39 is 9.84 Å². The van der Waals surface area contributed by atoms with Gasteiger partial charge in [-0.15, -0.1) is 24.5 Å². The van der Waals surface area contributed by atoms with Gasteiger partial charge in [0.05, 0.1) is 5.75 Å². The van der Waals surface area contributed by atoms with Crippen LogP contribution in [0.1, 0.15) is 16.8 Å². The highest BCUT2D eigenvalue weighted by molar-refractivity contribution is 7.93. The number of carbonyl (C=O) groups is 1. The number of Topliss-reactive ketones (excluding diaryl/α,β-unsaturated/α-hetero) is 1. The van der Waals surface area contributed by atoms with Crippen LogP contribution in [-0.4, -0.2) is 20.0 Å². The van der Waals surface area contributed by atoms with Crippen LogP contribution in [0.4, 0.5) is 0 Å². The third kappa shape index (κ3) is 1.78. The standard InChI is InChI=1S/C7H6O3S2.C2H4/c8-6-2-4-12(9,10)7-5(6)1-3-11-7;1-2/h1,3H,2,4H2;1-2H2. The van der Waals surface area contributed by atoms with Gasteiger partial charge in [0.15, 0.2) is 15.6 Å². The Morgan fingerprint density at radius 2 is 2.00 bits per heavy atom. The first-order chi connectivity index (χ1) is 6.61. The zero-order chi connectivity index (χ0) is 10.8. The molecule has 0 fully saturated rings. The topological polar surface area (TPSA) is 51.2 Å². The van der Waals surface area contributed by atoms with Gasteiger partial charge in [-0.05, 0) is 11.4 Å². The molecule has 3 nitrogen and oxygen atoms in total. The van der Waals surface area contributed by atoms with Crippen molar-refractivity contribution >= 4 is 27.0 Å². The molecule has 5 heteroatoms. The molecule has 0 amide bonds. The second-order valence-electron chi connectivity index (χ2n) is 2.61. The normalized spacial score (nSPS) is 17.9. The van der Waals surface area contributed by atoms with Crippen molar-refractivity contribution in [3.05, 3.63) is 30.2 Å². The fraction of sp³-hybridized carbons (Fsp3) is 0.222. The first-order valence-corrected chi connectivity index (χ1v) is 6.48. The van der Waals surface area contributed by atoms with Crippen LogP contribution in [0.25, 0.3) is 0 Å². The smallest absolute Gasteiger partial charge is 0.188 e. The monoisotopic (exact) mass is 230 g/mol. The quantitative estimate of drug-likeness (QED) is 0.640. The molecule has 1 aromatic heterocycles. The van der Waals surface area contributed by atoms with Crippen molar-refractivity contribution in [1.29, 1.82) is 0 Å². The number of ketones is 1. The van der Waals surface area contributed by atoms with Crippen molar-refractivity contribution in [1.82, 2.24) is 0 Å². The van der Waals surface area contributed by atoms with E-state index in [-0.39, 0.29) is 22.2 Å². The average Bonchev–Trinajstić information content (AvgIpc) is 2.65. The van der Waals surface area contributed by atoms with Gasteiger partial charge < -0.3 is 0 Å². The molecule has 0 unspecified atom stereocenters. The Morgan fingerprint density at radius 3 is 2.57 bits per heavy atom. The van der Waals surface area contributed by atoms with Crippen LogP contribution in [0.5, 0.6) is 0 Å². The van der Waals surface area contributed by atoms with Gasteiger partial charge in [0.2, 0.25) is 0 Å². The molecule has 1 aromatic rings. The molecule has 0 bridgehead atoms. The van der Waals surface area contributed by atoms with E-state index in [4.69, 9.17) is 0 Å². The van der Waals surface area contributed by atoms with Gasteiger partial charge >= 0.3 is 0 Å². The van der Waals surface area contributed by atoms with Crippen LogP contribution in [0, 0.1) is 0 Å². The Morgan fingerprint density at radius 1 is 1.36 bits per heavy atom. The Bertz CT molecular complexity index is 442. The lowest BCUT2D eigenvalue weighted by molar-refractivity contribution is 0.0984. The van der Waals surface area contributed by atoms with E-state index >= 15 is 0 Å². The minimum Gasteiger partial charge on any atom is -0.294 e. The molecule has 0 radical (unpaired) electrons. The Hall–Kier alpha value is -0.940. The van der Waals surface area contributed by atoms with E-state index in [0.29, 0.717) is 5.56 Å². The van der Waals surface area contributed by atoms with Crippen LogP contribution in [-0.2, 0) is 9.84 Å². The fourth-order valence-electron chi connectivity index (χ4n) is 1.20. The molecule has 0 spiro atoms. The summed E-state index contributed by atoms with van der Waals surface area (Å²) in [4.78, 5) is 11.2. The fourth-order valence-corrected chi connectivity index (χ4v) is 3.99. The SMILES string of the molecule is C=C.O=C1CCS(=O)(=O)c2sccc21. The average molecular weight is 230 g/mol. The van der Waals surface area contributed by atoms with Gasteiger partial charge in [0.1, 0.15) is 4.21 Å². The Labute approximate surface area is 87.0 Å². The van der Waals surface area contributed by atoms with E-state index in [1.165, 1.54) is 0 Å². The van der Waals surface area contributed by atoms with Crippen molar-refractivity contribution in [3.8, 4) is 0 Å². The van der Waals surface area contributed by atoms with Crippen LogP contribution in [0.3, 0.4) is 0 Å². The number of hydrogen-bond acceptors (Lipinski definition) is 4. The molecule has 0 saturated heterocycles. The number of carbonyl (C=O) groups excluding carboxylic acids is 1. The molecule has 0 N–H and O–H groups in total. The zero-order valence-electron chi connectivity index (χ0n) is 7.52. The molecular weight excluding hydrogens is 220 g/mol. The van der Waals surface area contributed by atoms with Gasteiger partial charge in [-0.2, -0.15) is 0 Å². The summed E-state index contributed by atoms with van der Waals surface area (Å²) >= 11 is 1.13. The van der Waals surface area contributed by atoms with Crippen molar-refractivity contribution in [2.75, 3.05) is 5.75 Å². The molecular formula is C9H10O3S2. The number of rotatable bonds is 0. The van der Waals surface area contributed by atoms with E-state index in [9.17, 15) is 13.2 Å². The Kier molecular flexibility index (Phi) is 3.23. The number of fused-ring (bicyclic) bond motifs is 1. The molecule has 0 aromatic carbocycles. The minimum atomic E-state index is -3.13. The van der Waals surface area contributed by atoms with Gasteiger partial charge in [0, 0.05) is 12.0 Å². The number of thiophene rings is 1. The molecule has 0 saturated carbocycles. The third-order valence-electron chi connectivity index (χ3n) is 1.81. The first kappa shape index (κ1) is 11.1. The van der Waals surface area contributed by atoms with Crippen LogP contribution < -0.4 is 0 Å². The summed E-state index contributed by atoms with van der Waals surface area (Å²) < 4.78 is 22.9. The second-order valence-corrected chi connectivity index (χ2v) is 5.83. The van der Waals surface area contributed by atoms with Gasteiger partial charge in [-0.3, -0.25) is 4.79 Å². The molecule has 2 heterocycles. The molecule has 14 heavy (non-hydrogen) atoms. The van der Waals surface area contributed by atoms with E-state index in [0.717, 1.165) is 11.3 Å².